The van der Waals surface area contributed by atoms with Gasteiger partial charge in [0.2, 0.25) is 0 Å². The van der Waals surface area contributed by atoms with Gasteiger partial charge in [0.05, 0.1) is 18.6 Å². The first-order valence-corrected chi connectivity index (χ1v) is 8.67. The van der Waals surface area contributed by atoms with Crippen LogP contribution in [0.2, 0.25) is 0 Å². The minimum Gasteiger partial charge on any atom is -0.468 e. The summed E-state index contributed by atoms with van der Waals surface area (Å²) in [5.41, 5.74) is 7.79. The van der Waals surface area contributed by atoms with Gasteiger partial charge in [0.25, 0.3) is 0 Å². The highest BCUT2D eigenvalue weighted by atomic mass is 32.2. The lowest BCUT2D eigenvalue weighted by Crippen LogP contribution is -2.18. The Labute approximate surface area is 126 Å². The molecule has 0 saturated carbocycles. The summed E-state index contributed by atoms with van der Waals surface area (Å²) in [6, 6.07) is 6.94. The highest BCUT2D eigenvalue weighted by Gasteiger charge is 2.17. The number of sulfone groups is 1. The summed E-state index contributed by atoms with van der Waals surface area (Å²) in [4.78, 5) is 15.2. The zero-order valence-corrected chi connectivity index (χ0v) is 12.9. The Balaban J connectivity index is 2.11. The maximum Gasteiger partial charge on any atom is 0.320 e. The fourth-order valence-electron chi connectivity index (χ4n) is 1.74. The number of ether oxygens (including phenoxy) is 1. The molecule has 0 saturated heterocycles. The summed E-state index contributed by atoms with van der Waals surface area (Å²) in [6.45, 7) is 0. The molecule has 1 aromatic heterocycles. The predicted octanol–water partition coefficient (Wildman–Crippen LogP) is 1.48. The second-order valence-electron chi connectivity index (χ2n) is 4.38. The molecular formula is C13H14N2O4S2. The van der Waals surface area contributed by atoms with E-state index in [1.807, 2.05) is 5.38 Å². The van der Waals surface area contributed by atoms with E-state index in [9.17, 15) is 13.2 Å². The van der Waals surface area contributed by atoms with E-state index in [1.54, 1.807) is 24.3 Å². The van der Waals surface area contributed by atoms with Crippen LogP contribution in [-0.4, -0.2) is 32.2 Å². The Kier molecular flexibility index (Phi) is 4.59. The van der Waals surface area contributed by atoms with Gasteiger partial charge in [0.1, 0.15) is 5.75 Å². The van der Waals surface area contributed by atoms with Crippen molar-refractivity contribution in [3.63, 3.8) is 0 Å². The van der Waals surface area contributed by atoms with Crippen molar-refractivity contribution in [2.75, 3.05) is 18.6 Å². The highest BCUT2D eigenvalue weighted by molar-refractivity contribution is 7.91. The highest BCUT2D eigenvalue weighted by Crippen LogP contribution is 2.23. The molecule has 0 aliphatic rings. The lowest BCUT2D eigenvalue weighted by atomic mass is 10.1. The van der Waals surface area contributed by atoms with E-state index in [-0.39, 0.29) is 5.75 Å². The number of thiazole rings is 1. The van der Waals surface area contributed by atoms with E-state index >= 15 is 0 Å². The number of rotatable bonds is 5. The molecule has 0 spiro atoms. The first-order chi connectivity index (χ1) is 9.89. The second-order valence-corrected chi connectivity index (χ2v) is 7.33. The summed E-state index contributed by atoms with van der Waals surface area (Å²) in [5.74, 6) is -1.58. The Morgan fingerprint density at radius 2 is 2.00 bits per heavy atom. The SMILES string of the molecule is COC(=O)CS(=O)(=O)Cc1ccc(-c2csc(N)n2)cc1. The molecule has 1 aromatic carbocycles. The molecule has 0 amide bonds. The zero-order valence-electron chi connectivity index (χ0n) is 11.3. The first kappa shape index (κ1) is 15.5. The van der Waals surface area contributed by atoms with E-state index < -0.39 is 21.6 Å². The summed E-state index contributed by atoms with van der Waals surface area (Å²) < 4.78 is 28.0. The molecule has 0 aliphatic heterocycles. The number of nitrogens with two attached hydrogens (primary N) is 1. The number of methoxy groups -OCH3 is 1. The van der Waals surface area contributed by atoms with Crippen LogP contribution in [0.15, 0.2) is 29.6 Å². The number of anilines is 1. The first-order valence-electron chi connectivity index (χ1n) is 5.97. The number of benzene rings is 1. The maximum absolute atomic E-state index is 11.8. The molecule has 0 bridgehead atoms. The van der Waals surface area contributed by atoms with Gasteiger partial charge < -0.3 is 10.5 Å². The van der Waals surface area contributed by atoms with Crippen LogP contribution < -0.4 is 5.73 Å². The van der Waals surface area contributed by atoms with Crippen molar-refractivity contribution in [3.8, 4) is 11.3 Å². The number of hydrogen-bond donors (Lipinski definition) is 1. The number of hydrogen-bond acceptors (Lipinski definition) is 7. The van der Waals surface area contributed by atoms with Crippen molar-refractivity contribution in [1.29, 1.82) is 0 Å². The molecule has 2 aromatic rings. The largest absolute Gasteiger partial charge is 0.468 e. The van der Waals surface area contributed by atoms with Crippen LogP contribution in [0, 0.1) is 0 Å². The Morgan fingerprint density at radius 3 is 2.52 bits per heavy atom. The third-order valence-electron chi connectivity index (χ3n) is 2.72. The second kappa shape index (κ2) is 6.23. The van der Waals surface area contributed by atoms with Crippen LogP contribution in [0.5, 0.6) is 0 Å². The van der Waals surface area contributed by atoms with E-state index in [1.165, 1.54) is 11.3 Å². The maximum atomic E-state index is 11.8. The monoisotopic (exact) mass is 326 g/mol. The summed E-state index contributed by atoms with van der Waals surface area (Å²) >= 11 is 1.34. The normalized spacial score (nSPS) is 11.3. The number of nitrogens with zero attached hydrogens (tertiary/aromatic N) is 1. The lowest BCUT2D eigenvalue weighted by Gasteiger charge is -2.04. The lowest BCUT2D eigenvalue weighted by molar-refractivity contribution is -0.137. The number of aromatic nitrogens is 1. The molecule has 0 aliphatic carbocycles. The van der Waals surface area contributed by atoms with Crippen LogP contribution in [0.1, 0.15) is 5.56 Å². The molecular weight excluding hydrogens is 312 g/mol. The molecule has 2 N–H and O–H groups in total. The van der Waals surface area contributed by atoms with Crippen molar-refractivity contribution in [2.45, 2.75) is 5.75 Å². The summed E-state index contributed by atoms with van der Waals surface area (Å²) in [6.07, 6.45) is 0. The molecule has 6 nitrogen and oxygen atoms in total. The predicted molar refractivity (Wildman–Crippen MR) is 81.5 cm³/mol. The fraction of sp³-hybridized carbons (Fsp3) is 0.231. The number of carbonyl (C=O) groups excluding carboxylic acids is 1. The van der Waals surface area contributed by atoms with Crippen molar-refractivity contribution < 1.29 is 17.9 Å². The third-order valence-corrected chi connectivity index (χ3v) is 4.85. The van der Waals surface area contributed by atoms with Crippen LogP contribution in [0.4, 0.5) is 5.13 Å². The Bertz CT molecular complexity index is 736. The van der Waals surface area contributed by atoms with E-state index in [0.29, 0.717) is 10.7 Å². The number of esters is 1. The molecule has 0 radical (unpaired) electrons. The van der Waals surface area contributed by atoms with Gasteiger partial charge in [-0.2, -0.15) is 0 Å². The van der Waals surface area contributed by atoms with Crippen molar-refractivity contribution >= 4 is 32.3 Å². The van der Waals surface area contributed by atoms with E-state index in [2.05, 4.69) is 9.72 Å². The van der Waals surface area contributed by atoms with Crippen LogP contribution >= 0.6 is 11.3 Å². The van der Waals surface area contributed by atoms with Gasteiger partial charge in [-0.1, -0.05) is 24.3 Å². The third kappa shape index (κ3) is 4.27. The van der Waals surface area contributed by atoms with Crippen LogP contribution in [-0.2, 0) is 25.1 Å². The van der Waals surface area contributed by atoms with Crippen LogP contribution in [0.3, 0.4) is 0 Å². The molecule has 0 fully saturated rings. The van der Waals surface area contributed by atoms with Gasteiger partial charge in [-0.25, -0.2) is 13.4 Å². The molecule has 1 heterocycles. The van der Waals surface area contributed by atoms with Gasteiger partial charge in [0, 0.05) is 10.9 Å². The molecule has 2 rings (SSSR count). The smallest absolute Gasteiger partial charge is 0.320 e. The van der Waals surface area contributed by atoms with Gasteiger partial charge in [-0.05, 0) is 5.56 Å². The topological polar surface area (TPSA) is 99.4 Å². The average molecular weight is 326 g/mol. The molecule has 21 heavy (non-hydrogen) atoms. The van der Waals surface area contributed by atoms with Gasteiger partial charge >= 0.3 is 5.97 Å². The number of nitrogen functional groups attached to an aromatic ring is 1. The quantitative estimate of drug-likeness (QED) is 0.836. The molecule has 0 unspecified atom stereocenters. The molecule has 0 atom stereocenters. The minimum atomic E-state index is -3.53. The fourth-order valence-corrected chi connectivity index (χ4v) is 3.59. The average Bonchev–Trinajstić information content (AvgIpc) is 2.85. The molecule has 8 heteroatoms. The van der Waals surface area contributed by atoms with Gasteiger partial charge in [-0.3, -0.25) is 4.79 Å². The Hall–Kier alpha value is -1.93. The van der Waals surface area contributed by atoms with Crippen molar-refractivity contribution in [1.82, 2.24) is 4.98 Å². The Morgan fingerprint density at radius 1 is 1.33 bits per heavy atom. The zero-order chi connectivity index (χ0) is 15.5. The van der Waals surface area contributed by atoms with Crippen molar-refractivity contribution in [3.05, 3.63) is 35.2 Å². The minimum absolute atomic E-state index is 0.207. The van der Waals surface area contributed by atoms with E-state index in [0.717, 1.165) is 18.4 Å². The molecule has 112 valence electrons. The van der Waals surface area contributed by atoms with Gasteiger partial charge in [0.15, 0.2) is 15.0 Å². The summed E-state index contributed by atoms with van der Waals surface area (Å²) in [5, 5.41) is 2.31. The standard InChI is InChI=1S/C13H14N2O4S2/c1-19-12(16)8-21(17,18)7-9-2-4-10(5-3-9)11-6-20-13(14)15-11/h2-6H,7-8H2,1H3,(H2,14,15). The van der Waals surface area contributed by atoms with E-state index in [4.69, 9.17) is 5.73 Å². The van der Waals surface area contributed by atoms with Crippen LogP contribution in [0.25, 0.3) is 11.3 Å². The number of carbonyl (C=O) groups is 1. The summed E-state index contributed by atoms with van der Waals surface area (Å²) in [7, 11) is -2.37. The van der Waals surface area contributed by atoms with Crippen molar-refractivity contribution in [2.24, 2.45) is 0 Å². The van der Waals surface area contributed by atoms with Gasteiger partial charge in [-0.15, -0.1) is 11.3 Å².